The van der Waals surface area contributed by atoms with E-state index >= 15 is 0 Å². The number of piperidine rings is 1. The molecule has 1 aliphatic heterocycles. The number of hydrogen-bond donors (Lipinski definition) is 2. The molecule has 7 nitrogen and oxygen atoms in total. The number of rotatable bonds is 6. The summed E-state index contributed by atoms with van der Waals surface area (Å²) >= 11 is 0. The van der Waals surface area contributed by atoms with Crippen LogP contribution in [0, 0.1) is 16.7 Å². The molecule has 1 atom stereocenters. The minimum atomic E-state index is -3.06. The number of benzene rings is 1. The third-order valence-corrected chi connectivity index (χ3v) is 6.64. The van der Waals surface area contributed by atoms with Crippen molar-refractivity contribution < 1.29 is 23.5 Å². The van der Waals surface area contributed by atoms with E-state index in [1.165, 1.54) is 42.0 Å². The van der Waals surface area contributed by atoms with E-state index < -0.39 is 35.9 Å². The predicted octanol–water partition coefficient (Wildman–Crippen LogP) is 4.69. The molecule has 2 amide bonds. The van der Waals surface area contributed by atoms with Gasteiger partial charge in [-0.1, -0.05) is 42.8 Å². The molecule has 0 radical (unpaired) electrons. The lowest BCUT2D eigenvalue weighted by Crippen LogP contribution is -2.41. The van der Waals surface area contributed by atoms with E-state index in [9.17, 15) is 18.4 Å². The number of nitrogens with one attached hydrogen (secondary N) is 2. The normalized spacial score (nSPS) is 20.9. The van der Waals surface area contributed by atoms with E-state index in [1.54, 1.807) is 6.07 Å². The van der Waals surface area contributed by atoms with Gasteiger partial charge in [0.1, 0.15) is 5.54 Å². The van der Waals surface area contributed by atoms with E-state index in [4.69, 9.17) is 16.1 Å². The molecule has 2 saturated carbocycles. The van der Waals surface area contributed by atoms with Crippen LogP contribution in [0.15, 0.2) is 30.3 Å². The molecule has 1 spiro atoms. The Labute approximate surface area is 186 Å². The van der Waals surface area contributed by atoms with Gasteiger partial charge in [-0.2, -0.15) is 5.26 Å². The van der Waals surface area contributed by atoms with Crippen LogP contribution in [0.2, 0.25) is 0 Å². The summed E-state index contributed by atoms with van der Waals surface area (Å²) in [4.78, 5) is 23.8. The molecular formula is C23H29F2N4O3-. The monoisotopic (exact) mass is 447 g/mol. The summed E-state index contributed by atoms with van der Waals surface area (Å²) in [6.07, 6.45) is 4.40. The molecule has 0 unspecified atom stereocenters. The van der Waals surface area contributed by atoms with Gasteiger partial charge in [0.05, 0.1) is 6.07 Å². The minimum Gasteiger partial charge on any atom is -0.667 e. The summed E-state index contributed by atoms with van der Waals surface area (Å²) in [7, 11) is 0. The van der Waals surface area contributed by atoms with Gasteiger partial charge < -0.3 is 21.1 Å². The van der Waals surface area contributed by atoms with Crippen LogP contribution in [0.25, 0.3) is 5.73 Å². The molecule has 3 aliphatic rings. The Morgan fingerprint density at radius 3 is 2.22 bits per heavy atom. The van der Waals surface area contributed by atoms with Gasteiger partial charge in [0.25, 0.3) is 5.92 Å². The highest BCUT2D eigenvalue weighted by Crippen LogP contribution is 2.53. The van der Waals surface area contributed by atoms with Crippen molar-refractivity contribution in [3.63, 3.8) is 0 Å². The van der Waals surface area contributed by atoms with Crippen LogP contribution in [0.1, 0.15) is 56.9 Å². The Hall–Kier alpha value is -2.73. The fourth-order valence-corrected chi connectivity index (χ4v) is 3.84. The summed E-state index contributed by atoms with van der Waals surface area (Å²) in [5, 5.41) is 20.0. The van der Waals surface area contributed by atoms with Crippen LogP contribution in [0.3, 0.4) is 0 Å². The molecule has 9 heteroatoms. The maximum atomic E-state index is 13.9. The van der Waals surface area contributed by atoms with Crippen molar-refractivity contribution in [1.82, 2.24) is 10.2 Å². The molecular weight excluding hydrogens is 418 g/mol. The van der Waals surface area contributed by atoms with Gasteiger partial charge in [0.2, 0.25) is 5.91 Å². The molecule has 1 aromatic carbocycles. The molecule has 32 heavy (non-hydrogen) atoms. The third-order valence-electron chi connectivity index (χ3n) is 6.64. The second-order valence-corrected chi connectivity index (χ2v) is 9.11. The number of alkyl halides is 2. The number of carbonyl (C=O) groups is 2. The van der Waals surface area contributed by atoms with Gasteiger partial charge in [0, 0.05) is 25.1 Å². The molecule has 0 bridgehead atoms. The first-order chi connectivity index (χ1) is 15.1. The summed E-state index contributed by atoms with van der Waals surface area (Å²) < 4.78 is 27.9. The molecule has 4 rings (SSSR count). The van der Waals surface area contributed by atoms with Crippen molar-refractivity contribution >= 4 is 12.0 Å². The van der Waals surface area contributed by atoms with E-state index in [-0.39, 0.29) is 12.0 Å². The molecule has 2 aliphatic carbocycles. The zero-order chi connectivity index (χ0) is 23.4. The minimum absolute atomic E-state index is 0.117. The standard InChI is InChI=1S/C15H16F2N3O.C8H13NO2/c16-15(17,11-4-2-1-3-5-11)7-6-12(19)13(21)20-14(10-18)8-9-14;10-7(11)9-5-3-8(1-2-8)4-6-9/h1-5,12,19H,6-9H2,(H,20,21);1-6H2,(H,10,11)/q-1;/t12-;/m0./s1. The molecule has 1 heterocycles. The van der Waals surface area contributed by atoms with Gasteiger partial charge in [-0.25, -0.2) is 13.6 Å². The van der Waals surface area contributed by atoms with E-state index in [2.05, 4.69) is 5.32 Å². The van der Waals surface area contributed by atoms with Crippen LogP contribution >= 0.6 is 0 Å². The first-order valence-corrected chi connectivity index (χ1v) is 11.0. The van der Waals surface area contributed by atoms with Crippen molar-refractivity contribution in [3.8, 4) is 6.07 Å². The first-order valence-electron chi connectivity index (χ1n) is 11.0. The van der Waals surface area contributed by atoms with Crippen molar-refractivity contribution in [2.24, 2.45) is 5.41 Å². The molecule has 3 N–H and O–H groups in total. The lowest BCUT2D eigenvalue weighted by molar-refractivity contribution is -0.122. The van der Waals surface area contributed by atoms with Crippen LogP contribution in [-0.4, -0.2) is 46.7 Å². The third kappa shape index (κ3) is 6.16. The molecule has 1 saturated heterocycles. The van der Waals surface area contributed by atoms with E-state index in [0.717, 1.165) is 25.9 Å². The number of hydrogen-bond acceptors (Lipinski definition) is 3. The van der Waals surface area contributed by atoms with Crippen molar-refractivity contribution in [1.29, 1.82) is 5.26 Å². The van der Waals surface area contributed by atoms with Crippen molar-refractivity contribution in [3.05, 3.63) is 41.6 Å². The fraction of sp³-hybridized carbons (Fsp3) is 0.609. The van der Waals surface area contributed by atoms with Gasteiger partial charge in [-0.15, -0.1) is 0 Å². The summed E-state index contributed by atoms with van der Waals surface area (Å²) in [5.74, 6) is -3.72. The Kier molecular flexibility index (Phi) is 7.03. The first kappa shape index (κ1) is 23.9. The highest BCUT2D eigenvalue weighted by molar-refractivity contribution is 5.84. The smallest absolute Gasteiger partial charge is 0.407 e. The molecule has 0 aromatic heterocycles. The Morgan fingerprint density at radius 1 is 1.16 bits per heavy atom. The number of nitrogens with zero attached hydrogens (tertiary/aromatic N) is 2. The Balaban J connectivity index is 0.000000219. The van der Waals surface area contributed by atoms with Crippen LogP contribution in [0.5, 0.6) is 0 Å². The van der Waals surface area contributed by atoms with Gasteiger partial charge in [0.15, 0.2) is 0 Å². The second kappa shape index (κ2) is 9.41. The van der Waals surface area contributed by atoms with Crippen LogP contribution in [-0.2, 0) is 10.7 Å². The molecule has 3 fully saturated rings. The van der Waals surface area contributed by atoms with Gasteiger partial charge in [-0.05, 0) is 43.9 Å². The number of amides is 2. The van der Waals surface area contributed by atoms with E-state index in [0.29, 0.717) is 18.3 Å². The van der Waals surface area contributed by atoms with Crippen molar-refractivity contribution in [2.75, 3.05) is 13.1 Å². The van der Waals surface area contributed by atoms with E-state index in [1.807, 2.05) is 6.07 Å². The van der Waals surface area contributed by atoms with Gasteiger partial charge >= 0.3 is 6.09 Å². The zero-order valence-corrected chi connectivity index (χ0v) is 17.9. The number of carboxylic acid groups (broad SMARTS) is 1. The fourth-order valence-electron chi connectivity index (χ4n) is 3.84. The Bertz CT molecular complexity index is 854. The largest absolute Gasteiger partial charge is 0.667 e. The number of carbonyl (C=O) groups excluding carboxylic acids is 1. The maximum Gasteiger partial charge on any atom is 0.407 e. The average Bonchev–Trinajstić information content (AvgIpc) is 3.72. The predicted molar refractivity (Wildman–Crippen MR) is 114 cm³/mol. The number of nitriles is 1. The molecule has 1 aromatic rings. The summed E-state index contributed by atoms with van der Waals surface area (Å²) in [6, 6.07) is 8.04. The maximum absolute atomic E-state index is 13.9. The second-order valence-electron chi connectivity index (χ2n) is 9.11. The van der Waals surface area contributed by atoms with Crippen LogP contribution in [0.4, 0.5) is 13.6 Å². The lowest BCUT2D eigenvalue weighted by Gasteiger charge is -2.29. The lowest BCUT2D eigenvalue weighted by atomic mass is 9.94. The summed E-state index contributed by atoms with van der Waals surface area (Å²) in [5.41, 5.74) is 7.26. The summed E-state index contributed by atoms with van der Waals surface area (Å²) in [6.45, 7) is 1.52. The topological polar surface area (TPSA) is 117 Å². The van der Waals surface area contributed by atoms with Gasteiger partial charge in [-0.3, -0.25) is 4.79 Å². The number of likely N-dealkylation sites (tertiary alicyclic amines) is 1. The quantitative estimate of drug-likeness (QED) is 0.658. The number of halogens is 2. The zero-order valence-electron chi connectivity index (χ0n) is 17.9. The van der Waals surface area contributed by atoms with Crippen molar-refractivity contribution in [2.45, 2.75) is 68.9 Å². The molecule has 174 valence electrons. The SMILES string of the molecule is N#CC1(NC(=O)[C@@H]([NH-])CCC(F)(F)c2ccccc2)CC1.O=C(O)N1CCC2(CC1)CC2. The highest BCUT2D eigenvalue weighted by Gasteiger charge is 2.45. The Morgan fingerprint density at radius 2 is 1.75 bits per heavy atom. The average molecular weight is 448 g/mol. The van der Waals surface area contributed by atoms with Crippen LogP contribution < -0.4 is 5.32 Å². The highest BCUT2D eigenvalue weighted by atomic mass is 19.3.